The van der Waals surface area contributed by atoms with E-state index in [1.807, 2.05) is 0 Å². The number of rotatable bonds is 1. The van der Waals surface area contributed by atoms with E-state index in [1.54, 1.807) is 0 Å². The Labute approximate surface area is 89.3 Å². The van der Waals surface area contributed by atoms with Gasteiger partial charge < -0.3 is 0 Å². The molecule has 0 atom stereocenters. The van der Waals surface area contributed by atoms with Crippen molar-refractivity contribution in [1.29, 1.82) is 0 Å². The number of anilines is 1. The molecule has 1 aliphatic heterocycles. The van der Waals surface area contributed by atoms with Crippen molar-refractivity contribution in [2.45, 2.75) is 0 Å². The van der Waals surface area contributed by atoms with Crippen LogP contribution >= 0.6 is 24.0 Å². The lowest BCUT2D eigenvalue weighted by Crippen LogP contribution is -2.27. The molecule has 0 spiro atoms. The predicted molar refractivity (Wildman–Crippen MR) is 56.7 cm³/mol. The van der Waals surface area contributed by atoms with E-state index in [2.05, 4.69) is 4.98 Å². The molecular weight excluding hydrogens is 223 g/mol. The molecule has 1 saturated heterocycles. The second kappa shape index (κ2) is 3.62. The summed E-state index contributed by atoms with van der Waals surface area (Å²) in [4.78, 5) is 16.2. The van der Waals surface area contributed by atoms with Crippen molar-refractivity contribution in [1.82, 2.24) is 4.98 Å². The van der Waals surface area contributed by atoms with Gasteiger partial charge in [-0.15, -0.1) is 0 Å². The number of hydrogen-bond acceptors (Lipinski definition) is 4. The molecule has 1 aromatic rings. The van der Waals surface area contributed by atoms with Crippen LogP contribution in [0.3, 0.4) is 0 Å². The van der Waals surface area contributed by atoms with Gasteiger partial charge in [0, 0.05) is 0 Å². The molecule has 1 fully saturated rings. The van der Waals surface area contributed by atoms with Crippen LogP contribution in [0.2, 0.25) is 0 Å². The number of aromatic nitrogens is 1. The lowest BCUT2D eigenvalue weighted by atomic mass is 10.4. The molecule has 72 valence electrons. The van der Waals surface area contributed by atoms with E-state index in [0.29, 0.717) is 15.8 Å². The van der Waals surface area contributed by atoms with Gasteiger partial charge >= 0.3 is 0 Å². The maximum Gasteiger partial charge on any atom is 0.243 e. The van der Waals surface area contributed by atoms with Gasteiger partial charge in [-0.05, 0) is 12.1 Å². The number of halogens is 1. The zero-order valence-corrected chi connectivity index (χ0v) is 8.57. The van der Waals surface area contributed by atoms with Crippen LogP contribution in [0.1, 0.15) is 0 Å². The molecule has 1 amide bonds. The van der Waals surface area contributed by atoms with Crippen molar-refractivity contribution in [3.8, 4) is 0 Å². The third kappa shape index (κ3) is 1.62. The minimum absolute atomic E-state index is 0.0894. The number of hydrogen-bond donors (Lipinski definition) is 0. The van der Waals surface area contributed by atoms with Crippen molar-refractivity contribution in [2.75, 3.05) is 10.7 Å². The molecule has 0 N–H and O–H groups in total. The van der Waals surface area contributed by atoms with Gasteiger partial charge in [0.25, 0.3) is 0 Å². The molecule has 0 radical (unpaired) electrons. The summed E-state index contributed by atoms with van der Waals surface area (Å²) >= 11 is 6.28. The minimum atomic E-state index is -0.570. The van der Waals surface area contributed by atoms with Gasteiger partial charge in [-0.1, -0.05) is 24.0 Å². The maximum absolute atomic E-state index is 12.5. The smallest absolute Gasteiger partial charge is 0.243 e. The number of carbonyl (C=O) groups excluding carboxylic acids is 1. The quantitative estimate of drug-likeness (QED) is 0.540. The lowest BCUT2D eigenvalue weighted by Gasteiger charge is -2.13. The van der Waals surface area contributed by atoms with Gasteiger partial charge in [-0.3, -0.25) is 9.69 Å². The second-order valence-corrected chi connectivity index (χ2v) is 4.23. The molecular formula is C8H5FN2OS2. The standard InChI is InChI=1S/C8H5FN2OS2/c9-6-2-1-5(3-10-6)11-7(12)4-14-8(11)13/h1-3H,4H2. The highest BCUT2D eigenvalue weighted by Gasteiger charge is 2.28. The Kier molecular flexibility index (Phi) is 2.47. The van der Waals surface area contributed by atoms with Crippen molar-refractivity contribution < 1.29 is 9.18 Å². The van der Waals surface area contributed by atoms with Crippen molar-refractivity contribution in [2.24, 2.45) is 0 Å². The van der Waals surface area contributed by atoms with E-state index in [9.17, 15) is 9.18 Å². The SMILES string of the molecule is O=C1CSC(=S)N1c1ccc(F)nc1. The van der Waals surface area contributed by atoms with Crippen LogP contribution in [0.25, 0.3) is 0 Å². The summed E-state index contributed by atoms with van der Waals surface area (Å²) in [6.07, 6.45) is 1.30. The summed E-state index contributed by atoms with van der Waals surface area (Å²) in [5.74, 6) is -0.316. The van der Waals surface area contributed by atoms with Gasteiger partial charge in [0.2, 0.25) is 11.9 Å². The molecule has 0 bridgehead atoms. The summed E-state index contributed by atoms with van der Waals surface area (Å²) in [7, 11) is 0. The summed E-state index contributed by atoms with van der Waals surface area (Å²) in [6.45, 7) is 0. The van der Waals surface area contributed by atoms with Crippen LogP contribution in [0.5, 0.6) is 0 Å². The van der Waals surface area contributed by atoms with E-state index < -0.39 is 5.95 Å². The Morgan fingerprint density at radius 2 is 2.36 bits per heavy atom. The van der Waals surface area contributed by atoms with Crippen LogP contribution in [-0.4, -0.2) is 21.0 Å². The Morgan fingerprint density at radius 3 is 2.86 bits per heavy atom. The summed E-state index contributed by atoms with van der Waals surface area (Å²) in [6, 6.07) is 2.69. The fraction of sp³-hybridized carbons (Fsp3) is 0.125. The maximum atomic E-state index is 12.5. The monoisotopic (exact) mass is 228 g/mol. The fourth-order valence-corrected chi connectivity index (χ4v) is 2.20. The van der Waals surface area contributed by atoms with Crippen LogP contribution in [-0.2, 0) is 4.79 Å². The van der Waals surface area contributed by atoms with Gasteiger partial charge in [-0.25, -0.2) is 4.98 Å². The molecule has 1 aliphatic rings. The predicted octanol–water partition coefficient (Wildman–Crippen LogP) is 1.59. The highest BCUT2D eigenvalue weighted by atomic mass is 32.2. The minimum Gasteiger partial charge on any atom is -0.273 e. The first kappa shape index (κ1) is 9.54. The summed E-state index contributed by atoms with van der Waals surface area (Å²) < 4.78 is 13.0. The van der Waals surface area contributed by atoms with Gasteiger partial charge in [-0.2, -0.15) is 4.39 Å². The van der Waals surface area contributed by atoms with Crippen LogP contribution in [0, 0.1) is 5.95 Å². The van der Waals surface area contributed by atoms with Gasteiger partial charge in [0.15, 0.2) is 0 Å². The second-order valence-electron chi connectivity index (χ2n) is 2.62. The van der Waals surface area contributed by atoms with Gasteiger partial charge in [0.1, 0.15) is 4.32 Å². The zero-order valence-electron chi connectivity index (χ0n) is 6.94. The molecule has 6 heteroatoms. The van der Waals surface area contributed by atoms with E-state index in [0.717, 1.165) is 0 Å². The normalized spacial score (nSPS) is 16.5. The van der Waals surface area contributed by atoms with E-state index >= 15 is 0 Å². The lowest BCUT2D eigenvalue weighted by molar-refractivity contribution is -0.115. The van der Waals surface area contributed by atoms with E-state index in [4.69, 9.17) is 12.2 Å². The number of nitrogens with zero attached hydrogens (tertiary/aromatic N) is 2. The van der Waals surface area contributed by atoms with Crippen LogP contribution < -0.4 is 4.90 Å². The van der Waals surface area contributed by atoms with E-state index in [-0.39, 0.29) is 5.91 Å². The molecule has 3 nitrogen and oxygen atoms in total. The first-order valence-corrected chi connectivity index (χ1v) is 5.19. The number of thiocarbonyl (C=S) groups is 1. The highest BCUT2D eigenvalue weighted by Crippen LogP contribution is 2.25. The Balaban J connectivity index is 2.34. The Bertz CT molecular complexity index is 377. The van der Waals surface area contributed by atoms with Crippen molar-refractivity contribution in [3.05, 3.63) is 24.3 Å². The Hall–Kier alpha value is -1.01. The molecule has 0 aliphatic carbocycles. The van der Waals surface area contributed by atoms with Crippen molar-refractivity contribution >= 4 is 39.9 Å². The van der Waals surface area contributed by atoms with Crippen molar-refractivity contribution in [3.63, 3.8) is 0 Å². The topological polar surface area (TPSA) is 33.2 Å². The summed E-state index contributed by atoms with van der Waals surface area (Å²) in [5.41, 5.74) is 0.520. The first-order chi connectivity index (χ1) is 6.68. The third-order valence-corrected chi connectivity index (χ3v) is 3.08. The van der Waals surface area contributed by atoms with E-state index in [1.165, 1.54) is 35.0 Å². The van der Waals surface area contributed by atoms with Crippen LogP contribution in [0.15, 0.2) is 18.3 Å². The summed E-state index contributed by atoms with van der Waals surface area (Å²) in [5, 5.41) is 0. The molecule has 2 heterocycles. The first-order valence-electron chi connectivity index (χ1n) is 3.80. The molecule has 0 unspecified atom stereocenters. The zero-order chi connectivity index (χ0) is 10.1. The average Bonchev–Trinajstić information content (AvgIpc) is 2.49. The number of carbonyl (C=O) groups is 1. The molecule has 2 rings (SSSR count). The Morgan fingerprint density at radius 1 is 1.57 bits per heavy atom. The third-order valence-electron chi connectivity index (χ3n) is 1.72. The largest absolute Gasteiger partial charge is 0.273 e. The fourth-order valence-electron chi connectivity index (χ4n) is 1.10. The number of pyridine rings is 1. The molecule has 0 saturated carbocycles. The molecule has 1 aromatic heterocycles. The highest BCUT2D eigenvalue weighted by molar-refractivity contribution is 8.24. The van der Waals surface area contributed by atoms with Crippen LogP contribution in [0.4, 0.5) is 10.1 Å². The van der Waals surface area contributed by atoms with Gasteiger partial charge in [0.05, 0.1) is 17.6 Å². The average molecular weight is 228 g/mol. The number of thioether (sulfide) groups is 1. The number of amides is 1. The molecule has 14 heavy (non-hydrogen) atoms. The molecule has 0 aromatic carbocycles.